The second kappa shape index (κ2) is 14.0. The van der Waals surface area contributed by atoms with E-state index >= 15 is 0 Å². The number of hydrogen-bond donors (Lipinski definition) is 1. The summed E-state index contributed by atoms with van der Waals surface area (Å²) >= 11 is 0. The second-order valence-corrected chi connectivity index (χ2v) is 7.22. The van der Waals surface area contributed by atoms with Crippen LogP contribution in [0.5, 0.6) is 0 Å². The minimum absolute atomic E-state index is 0. The highest BCUT2D eigenvalue weighted by Gasteiger charge is 2.31. The third kappa shape index (κ3) is 8.63. The van der Waals surface area contributed by atoms with E-state index in [1.54, 1.807) is 14.1 Å². The normalized spacial score (nSPS) is 19.7. The molecule has 0 radical (unpaired) electrons. The number of halogens is 1. The summed E-state index contributed by atoms with van der Waals surface area (Å²) in [6.45, 7) is 7.54. The van der Waals surface area contributed by atoms with Gasteiger partial charge in [0.2, 0.25) is 5.91 Å². The van der Waals surface area contributed by atoms with Crippen LogP contribution in [0.1, 0.15) is 26.2 Å². The summed E-state index contributed by atoms with van der Waals surface area (Å²) in [7, 11) is 3.45. The number of hydrogen-bond acceptors (Lipinski definition) is 5. The lowest BCUT2D eigenvalue weighted by atomic mass is 10.2. The largest absolute Gasteiger partial charge is 0.382 e. The van der Waals surface area contributed by atoms with Crippen molar-refractivity contribution in [1.82, 2.24) is 20.0 Å². The Kier molecular flexibility index (Phi) is 12.5. The number of carbonyl (C=O) groups excluding carboxylic acids is 2. The molecule has 0 aromatic heterocycles. The summed E-state index contributed by atoms with van der Waals surface area (Å²) in [5, 5.41) is 3.34. The molecule has 9 nitrogen and oxygen atoms in total. The first kappa shape index (κ1) is 25.9. The van der Waals surface area contributed by atoms with E-state index in [2.05, 4.69) is 15.2 Å². The van der Waals surface area contributed by atoms with Gasteiger partial charge in [-0.25, -0.2) is 4.99 Å². The van der Waals surface area contributed by atoms with E-state index in [9.17, 15) is 9.59 Å². The third-order valence-electron chi connectivity index (χ3n) is 4.91. The molecule has 0 bridgehead atoms. The summed E-state index contributed by atoms with van der Waals surface area (Å²) in [4.78, 5) is 34.5. The highest BCUT2D eigenvalue weighted by Crippen LogP contribution is 2.16. The van der Waals surface area contributed by atoms with E-state index in [0.717, 1.165) is 31.8 Å². The van der Waals surface area contributed by atoms with E-state index in [1.165, 1.54) is 4.90 Å². The minimum atomic E-state index is -0.269. The Hall–Kier alpha value is -1.14. The van der Waals surface area contributed by atoms with Crippen LogP contribution >= 0.6 is 24.0 Å². The number of amides is 2. The first-order valence-corrected chi connectivity index (χ1v) is 10.2. The summed E-state index contributed by atoms with van der Waals surface area (Å²) in [5.74, 6) is 0.778. The van der Waals surface area contributed by atoms with Gasteiger partial charge in [-0.3, -0.25) is 9.59 Å². The fourth-order valence-electron chi connectivity index (χ4n) is 3.19. The number of likely N-dealkylation sites (N-methyl/N-ethyl adjacent to an activating group) is 1. The zero-order chi connectivity index (χ0) is 20.4. The predicted octanol–water partition coefficient (Wildman–Crippen LogP) is 0.388. The van der Waals surface area contributed by atoms with Gasteiger partial charge in [-0.1, -0.05) is 0 Å². The number of piperazine rings is 1. The van der Waals surface area contributed by atoms with Gasteiger partial charge in [0.05, 0.1) is 0 Å². The molecule has 10 heteroatoms. The van der Waals surface area contributed by atoms with Crippen molar-refractivity contribution in [3.63, 3.8) is 0 Å². The van der Waals surface area contributed by atoms with Crippen molar-refractivity contribution in [2.75, 3.05) is 73.2 Å². The molecule has 1 unspecified atom stereocenters. The second-order valence-electron chi connectivity index (χ2n) is 7.22. The van der Waals surface area contributed by atoms with Crippen LogP contribution < -0.4 is 5.32 Å². The van der Waals surface area contributed by atoms with E-state index in [0.29, 0.717) is 46.0 Å². The lowest BCUT2D eigenvalue weighted by Crippen LogP contribution is -2.55. The number of nitrogens with one attached hydrogen (secondary N) is 1. The monoisotopic (exact) mass is 525 g/mol. The Labute approximate surface area is 191 Å². The molecule has 0 aliphatic carbocycles. The highest BCUT2D eigenvalue weighted by molar-refractivity contribution is 14.0. The van der Waals surface area contributed by atoms with Gasteiger partial charge in [-0.05, 0) is 26.2 Å². The van der Waals surface area contributed by atoms with Crippen molar-refractivity contribution in [2.24, 2.45) is 4.99 Å². The SMILES string of the molecule is CCOCCCNC(=NCC(=O)N(C)C)N1CCN(C(=O)C2CCCO2)CC1.I. The van der Waals surface area contributed by atoms with Gasteiger partial charge in [-0.2, -0.15) is 0 Å². The Morgan fingerprint density at radius 3 is 2.48 bits per heavy atom. The van der Waals surface area contributed by atoms with E-state index in [4.69, 9.17) is 9.47 Å². The van der Waals surface area contributed by atoms with Crippen LogP contribution in [-0.2, 0) is 19.1 Å². The number of carbonyl (C=O) groups is 2. The van der Waals surface area contributed by atoms with Crippen LogP contribution in [0.2, 0.25) is 0 Å². The van der Waals surface area contributed by atoms with Crippen molar-refractivity contribution >= 4 is 41.8 Å². The smallest absolute Gasteiger partial charge is 0.251 e. The average Bonchev–Trinajstić information content (AvgIpc) is 3.24. The standard InChI is InChI=1S/C19H35N5O4.HI/c1-4-27-13-6-8-20-19(21-15-17(25)22(2)3)24-11-9-23(10-12-24)18(26)16-7-5-14-28-16;/h16H,4-15H2,1-3H3,(H,20,21);1H. The number of rotatable bonds is 8. The van der Waals surface area contributed by atoms with Crippen molar-refractivity contribution in [1.29, 1.82) is 0 Å². The molecule has 2 saturated heterocycles. The number of guanidine groups is 1. The first-order valence-electron chi connectivity index (χ1n) is 10.2. The molecule has 168 valence electrons. The van der Waals surface area contributed by atoms with Crippen LogP contribution in [0.25, 0.3) is 0 Å². The molecule has 2 fully saturated rings. The van der Waals surface area contributed by atoms with Gasteiger partial charge in [0.25, 0.3) is 5.91 Å². The van der Waals surface area contributed by atoms with Gasteiger partial charge in [0.1, 0.15) is 12.6 Å². The molecule has 0 saturated carbocycles. The van der Waals surface area contributed by atoms with E-state index < -0.39 is 0 Å². The quantitative estimate of drug-likeness (QED) is 0.214. The van der Waals surface area contributed by atoms with Gasteiger partial charge in [-0.15, -0.1) is 24.0 Å². The van der Waals surface area contributed by atoms with Crippen LogP contribution in [0.3, 0.4) is 0 Å². The molecule has 0 spiro atoms. The molecular formula is C19H36IN5O4. The van der Waals surface area contributed by atoms with Gasteiger partial charge in [0, 0.05) is 66.6 Å². The number of aliphatic imine (C=N–C) groups is 1. The molecule has 2 rings (SSSR count). The molecule has 1 atom stereocenters. The molecule has 2 aliphatic rings. The van der Waals surface area contributed by atoms with Crippen LogP contribution in [-0.4, -0.2) is 112 Å². The Balaban J connectivity index is 0.00000420. The first-order chi connectivity index (χ1) is 13.5. The van der Waals surface area contributed by atoms with Gasteiger partial charge in [0.15, 0.2) is 5.96 Å². The molecule has 29 heavy (non-hydrogen) atoms. The molecular weight excluding hydrogens is 489 g/mol. The topological polar surface area (TPSA) is 86.7 Å². The number of ether oxygens (including phenoxy) is 2. The molecule has 2 heterocycles. The van der Waals surface area contributed by atoms with Crippen LogP contribution in [0.4, 0.5) is 0 Å². The minimum Gasteiger partial charge on any atom is -0.382 e. The van der Waals surface area contributed by atoms with E-state index in [1.807, 2.05) is 11.8 Å². The average molecular weight is 525 g/mol. The summed E-state index contributed by atoms with van der Waals surface area (Å²) in [5.41, 5.74) is 0. The lowest BCUT2D eigenvalue weighted by Gasteiger charge is -2.37. The zero-order valence-corrected chi connectivity index (χ0v) is 20.2. The fraction of sp³-hybridized carbons (Fsp3) is 0.842. The maximum atomic E-state index is 12.5. The summed E-state index contributed by atoms with van der Waals surface area (Å²) in [6, 6.07) is 0. The Morgan fingerprint density at radius 1 is 1.21 bits per heavy atom. The van der Waals surface area contributed by atoms with Gasteiger partial charge < -0.3 is 29.5 Å². The van der Waals surface area contributed by atoms with Crippen molar-refractivity contribution in [2.45, 2.75) is 32.3 Å². The number of nitrogens with zero attached hydrogens (tertiary/aromatic N) is 4. The molecule has 2 amide bonds. The fourth-order valence-corrected chi connectivity index (χ4v) is 3.19. The zero-order valence-electron chi connectivity index (χ0n) is 17.9. The molecule has 0 aromatic rings. The van der Waals surface area contributed by atoms with Crippen molar-refractivity contribution < 1.29 is 19.1 Å². The van der Waals surface area contributed by atoms with Crippen molar-refractivity contribution in [3.05, 3.63) is 0 Å². The molecule has 2 aliphatic heterocycles. The summed E-state index contributed by atoms with van der Waals surface area (Å²) < 4.78 is 10.9. The van der Waals surface area contributed by atoms with Crippen molar-refractivity contribution in [3.8, 4) is 0 Å². The van der Waals surface area contributed by atoms with Gasteiger partial charge >= 0.3 is 0 Å². The summed E-state index contributed by atoms with van der Waals surface area (Å²) in [6.07, 6.45) is 2.37. The third-order valence-corrected chi connectivity index (χ3v) is 4.91. The maximum Gasteiger partial charge on any atom is 0.251 e. The van der Waals surface area contributed by atoms with Crippen LogP contribution in [0.15, 0.2) is 4.99 Å². The Morgan fingerprint density at radius 2 is 1.90 bits per heavy atom. The maximum absolute atomic E-state index is 12.5. The highest BCUT2D eigenvalue weighted by atomic mass is 127. The molecule has 1 N–H and O–H groups in total. The molecule has 0 aromatic carbocycles. The van der Waals surface area contributed by atoms with E-state index in [-0.39, 0.29) is 48.4 Å². The Bertz CT molecular complexity index is 533. The lowest BCUT2D eigenvalue weighted by molar-refractivity contribution is -0.142. The predicted molar refractivity (Wildman–Crippen MR) is 123 cm³/mol. The van der Waals surface area contributed by atoms with Crippen LogP contribution in [0, 0.1) is 0 Å².